The van der Waals surface area contributed by atoms with Gasteiger partial charge >= 0.3 is 5.97 Å². The number of carboxylic acids is 1. The van der Waals surface area contributed by atoms with E-state index in [1.165, 1.54) is 5.56 Å². The van der Waals surface area contributed by atoms with Gasteiger partial charge in [0.25, 0.3) is 0 Å². The Hall–Kier alpha value is -0.810. The molecule has 1 aromatic rings. The molecule has 0 spiro atoms. The summed E-state index contributed by atoms with van der Waals surface area (Å²) in [4.78, 5) is 10.5. The Morgan fingerprint density at radius 2 is 1.67 bits per heavy atom. The van der Waals surface area contributed by atoms with E-state index in [-0.39, 0.29) is 30.9 Å². The second-order valence-corrected chi connectivity index (χ2v) is 3.97. The molecule has 0 aromatic heterocycles. The average molecular weight is 295 g/mol. The molecule has 0 radical (unpaired) electrons. The van der Waals surface area contributed by atoms with E-state index in [1.54, 1.807) is 0 Å². The van der Waals surface area contributed by atoms with Crippen molar-refractivity contribution in [1.82, 2.24) is 0 Å². The fourth-order valence-corrected chi connectivity index (χ4v) is 1.54. The van der Waals surface area contributed by atoms with Gasteiger partial charge in [-0.2, -0.15) is 0 Å². The first-order valence-electron chi connectivity index (χ1n) is 5.37. The molecule has 0 bridgehead atoms. The Bertz CT molecular complexity index is 336. The molecule has 104 valence electrons. The third-order valence-electron chi connectivity index (χ3n) is 2.51. The van der Waals surface area contributed by atoms with Crippen LogP contribution in [-0.2, 0) is 11.2 Å². The fraction of sp³-hybridized carbons (Fsp3) is 0.417. The van der Waals surface area contributed by atoms with Crippen LogP contribution in [0.3, 0.4) is 0 Å². The number of hydrogen-bond acceptors (Lipinski definition) is 3. The highest BCUT2D eigenvalue weighted by atomic mass is 35.5. The molecule has 0 aliphatic rings. The molecule has 0 heterocycles. The number of aliphatic carboxylic acids is 1. The van der Waals surface area contributed by atoms with E-state index in [2.05, 4.69) is 0 Å². The predicted molar refractivity (Wildman–Crippen MR) is 77.5 cm³/mol. The van der Waals surface area contributed by atoms with Gasteiger partial charge in [-0.05, 0) is 24.8 Å². The maximum absolute atomic E-state index is 10.5. The molecule has 0 saturated heterocycles. The minimum Gasteiger partial charge on any atom is -0.480 e. The van der Waals surface area contributed by atoms with Crippen LogP contribution in [0.5, 0.6) is 0 Å². The molecule has 6 heteroatoms. The molecule has 0 fully saturated rings. The minimum atomic E-state index is -0.966. The molecular weight excluding hydrogens is 275 g/mol. The van der Waals surface area contributed by atoms with Crippen LogP contribution in [0, 0.1) is 0 Å². The van der Waals surface area contributed by atoms with Crippen LogP contribution in [0.4, 0.5) is 0 Å². The topological polar surface area (TPSA) is 89.3 Å². The second kappa shape index (κ2) is 10.1. The van der Waals surface area contributed by atoms with Crippen molar-refractivity contribution in [2.45, 2.75) is 31.3 Å². The third-order valence-corrected chi connectivity index (χ3v) is 2.51. The maximum Gasteiger partial charge on any atom is 0.320 e. The van der Waals surface area contributed by atoms with Gasteiger partial charge in [0, 0.05) is 6.04 Å². The molecule has 0 saturated carbocycles. The first-order chi connectivity index (χ1) is 7.59. The van der Waals surface area contributed by atoms with Gasteiger partial charge in [-0.15, -0.1) is 24.8 Å². The highest BCUT2D eigenvalue weighted by Crippen LogP contribution is 2.06. The highest BCUT2D eigenvalue weighted by molar-refractivity contribution is 5.85. The quantitative estimate of drug-likeness (QED) is 0.743. The zero-order valence-corrected chi connectivity index (χ0v) is 11.6. The van der Waals surface area contributed by atoms with Gasteiger partial charge in [0.15, 0.2) is 0 Å². The maximum atomic E-state index is 10.5. The summed E-state index contributed by atoms with van der Waals surface area (Å²) in [6.45, 7) is 0. The minimum absolute atomic E-state index is 0. The van der Waals surface area contributed by atoms with Gasteiger partial charge in [-0.3, -0.25) is 4.79 Å². The van der Waals surface area contributed by atoms with Crippen molar-refractivity contribution in [2.24, 2.45) is 11.5 Å². The third kappa shape index (κ3) is 7.50. The van der Waals surface area contributed by atoms with Gasteiger partial charge < -0.3 is 16.6 Å². The van der Waals surface area contributed by atoms with E-state index in [9.17, 15) is 4.79 Å². The van der Waals surface area contributed by atoms with Gasteiger partial charge in [0.05, 0.1) is 0 Å². The van der Waals surface area contributed by atoms with Gasteiger partial charge in [-0.25, -0.2) is 0 Å². The average Bonchev–Trinajstić information content (AvgIpc) is 2.27. The van der Waals surface area contributed by atoms with Crippen LogP contribution < -0.4 is 11.5 Å². The number of nitrogens with two attached hydrogens (primary N) is 2. The first-order valence-corrected chi connectivity index (χ1v) is 5.37. The lowest BCUT2D eigenvalue weighted by Gasteiger charge is -2.13. The molecule has 1 unspecified atom stereocenters. The standard InChI is InChI=1S/C12H18N2O2.2ClH/c13-10(6-7-11(14)12(15)16)8-9-4-2-1-3-5-9;;/h1-5,10-11H,6-8,13-14H2,(H,15,16);2*1H/t10?,11-;;/m0../s1. The molecule has 0 amide bonds. The fourth-order valence-electron chi connectivity index (χ4n) is 1.54. The van der Waals surface area contributed by atoms with E-state index < -0.39 is 12.0 Å². The summed E-state index contributed by atoms with van der Waals surface area (Å²) < 4.78 is 0. The molecule has 1 aromatic carbocycles. The van der Waals surface area contributed by atoms with Crippen molar-refractivity contribution in [3.63, 3.8) is 0 Å². The second-order valence-electron chi connectivity index (χ2n) is 3.97. The van der Waals surface area contributed by atoms with Gasteiger partial charge in [0.1, 0.15) is 6.04 Å². The molecule has 0 aliphatic heterocycles. The van der Waals surface area contributed by atoms with E-state index in [4.69, 9.17) is 16.6 Å². The summed E-state index contributed by atoms with van der Waals surface area (Å²) in [5.74, 6) is -0.966. The van der Waals surface area contributed by atoms with Crippen molar-refractivity contribution in [1.29, 1.82) is 0 Å². The van der Waals surface area contributed by atoms with Crippen LogP contribution in [0.15, 0.2) is 30.3 Å². The van der Waals surface area contributed by atoms with Crippen LogP contribution in [-0.4, -0.2) is 23.2 Å². The SMILES string of the molecule is Cl.Cl.NC(CC[C@H](N)C(=O)O)Cc1ccccc1. The molecule has 18 heavy (non-hydrogen) atoms. The van der Waals surface area contributed by atoms with Crippen molar-refractivity contribution in [3.05, 3.63) is 35.9 Å². The Balaban J connectivity index is 0. The Morgan fingerprint density at radius 1 is 1.11 bits per heavy atom. The van der Waals surface area contributed by atoms with Crippen molar-refractivity contribution < 1.29 is 9.90 Å². The van der Waals surface area contributed by atoms with E-state index in [1.807, 2.05) is 30.3 Å². The number of halogens is 2. The summed E-state index contributed by atoms with van der Waals surface area (Å²) >= 11 is 0. The Morgan fingerprint density at radius 3 is 2.17 bits per heavy atom. The molecular formula is C12H20Cl2N2O2. The normalized spacial score (nSPS) is 12.8. The predicted octanol–water partition coefficient (Wildman–Crippen LogP) is 1.59. The van der Waals surface area contributed by atoms with Crippen LogP contribution >= 0.6 is 24.8 Å². The van der Waals surface area contributed by atoms with E-state index >= 15 is 0 Å². The van der Waals surface area contributed by atoms with Crippen molar-refractivity contribution >= 4 is 30.8 Å². The van der Waals surface area contributed by atoms with Crippen molar-refractivity contribution in [2.75, 3.05) is 0 Å². The van der Waals surface area contributed by atoms with Gasteiger partial charge in [0.2, 0.25) is 0 Å². The zero-order valence-electron chi connectivity index (χ0n) is 9.99. The monoisotopic (exact) mass is 294 g/mol. The van der Waals surface area contributed by atoms with Gasteiger partial charge in [-0.1, -0.05) is 30.3 Å². The highest BCUT2D eigenvalue weighted by Gasteiger charge is 2.13. The van der Waals surface area contributed by atoms with Crippen molar-refractivity contribution in [3.8, 4) is 0 Å². The number of benzene rings is 1. The van der Waals surface area contributed by atoms with E-state index in [0.29, 0.717) is 12.8 Å². The lowest BCUT2D eigenvalue weighted by atomic mass is 10.0. The molecule has 5 N–H and O–H groups in total. The molecule has 4 nitrogen and oxygen atoms in total. The summed E-state index contributed by atoms with van der Waals surface area (Å²) in [5.41, 5.74) is 12.5. The smallest absolute Gasteiger partial charge is 0.320 e. The summed E-state index contributed by atoms with van der Waals surface area (Å²) in [6.07, 6.45) is 1.80. The Kier molecular flexibility index (Phi) is 11.0. The molecule has 0 aliphatic carbocycles. The molecule has 1 rings (SSSR count). The summed E-state index contributed by atoms with van der Waals surface area (Å²) in [6, 6.07) is 9.06. The largest absolute Gasteiger partial charge is 0.480 e. The van der Waals surface area contributed by atoms with Crippen LogP contribution in [0.2, 0.25) is 0 Å². The zero-order chi connectivity index (χ0) is 12.0. The van der Waals surface area contributed by atoms with E-state index in [0.717, 1.165) is 6.42 Å². The number of carboxylic acid groups (broad SMARTS) is 1. The summed E-state index contributed by atoms with van der Waals surface area (Å²) in [5, 5.41) is 8.62. The number of rotatable bonds is 6. The van der Waals surface area contributed by atoms with Crippen LogP contribution in [0.25, 0.3) is 0 Å². The lowest BCUT2D eigenvalue weighted by molar-refractivity contribution is -0.138. The summed E-state index contributed by atoms with van der Waals surface area (Å²) in [7, 11) is 0. The molecule has 2 atom stereocenters. The lowest BCUT2D eigenvalue weighted by Crippen LogP contribution is -2.33. The number of carbonyl (C=O) groups is 1. The Labute approximate surface area is 120 Å². The number of hydrogen-bond donors (Lipinski definition) is 3. The van der Waals surface area contributed by atoms with Crippen LogP contribution in [0.1, 0.15) is 18.4 Å². The first kappa shape index (κ1) is 19.5.